The molecule has 0 aromatic carbocycles. The molecule has 0 spiro atoms. The fraction of sp³-hybridized carbons (Fsp3) is 0.500. The molecule has 0 atom stereocenters. The topological polar surface area (TPSA) is 84.0 Å². The van der Waals surface area contributed by atoms with Crippen LogP contribution in [0.25, 0.3) is 0 Å². The third-order valence-electron chi connectivity index (χ3n) is 2.10. The van der Waals surface area contributed by atoms with Gasteiger partial charge in [-0.05, 0) is 12.8 Å². The minimum absolute atomic E-state index is 0.265. The largest absolute Gasteiger partial charge is 0.548 e. The molecule has 5 nitrogen and oxygen atoms in total. The van der Waals surface area contributed by atoms with Crippen molar-refractivity contribution in [3.63, 3.8) is 0 Å². The number of hydrogen-bond donors (Lipinski definition) is 1. The van der Waals surface area contributed by atoms with Gasteiger partial charge in [-0.2, -0.15) is 5.10 Å². The first-order chi connectivity index (χ1) is 6.16. The normalized spacial score (nSPS) is 16.0. The fourth-order valence-corrected chi connectivity index (χ4v) is 1.28. The Labute approximate surface area is 75.2 Å². The van der Waals surface area contributed by atoms with Gasteiger partial charge < -0.3 is 15.6 Å². The Morgan fingerprint density at radius 3 is 3.00 bits per heavy atom. The summed E-state index contributed by atoms with van der Waals surface area (Å²) in [7, 11) is 0. The van der Waals surface area contributed by atoms with E-state index in [2.05, 4.69) is 5.10 Å². The first-order valence-corrected chi connectivity index (χ1v) is 4.20. The number of carboxylic acid groups (broad SMARTS) is 1. The standard InChI is InChI=1S/C8H11N3O2/c9-7-3-6(5-1-2-5)10-11(7)4-8(12)13/h3,5H,1-2,4,9H2,(H,12,13)/p-1. The van der Waals surface area contributed by atoms with Crippen LogP contribution in [-0.4, -0.2) is 15.7 Å². The molecule has 1 saturated carbocycles. The second-order valence-corrected chi connectivity index (χ2v) is 3.30. The lowest BCUT2D eigenvalue weighted by Gasteiger charge is -2.03. The number of nitrogens with two attached hydrogens (primary N) is 1. The van der Waals surface area contributed by atoms with E-state index >= 15 is 0 Å². The molecule has 70 valence electrons. The van der Waals surface area contributed by atoms with E-state index < -0.39 is 5.97 Å². The number of carbonyl (C=O) groups is 1. The lowest BCUT2D eigenvalue weighted by Crippen LogP contribution is -2.28. The van der Waals surface area contributed by atoms with Crippen LogP contribution in [0, 0.1) is 0 Å². The number of carbonyl (C=O) groups excluding carboxylic acids is 1. The highest BCUT2D eigenvalue weighted by Crippen LogP contribution is 2.39. The van der Waals surface area contributed by atoms with Crippen LogP contribution in [0.3, 0.4) is 0 Å². The predicted molar refractivity (Wildman–Crippen MR) is 43.6 cm³/mol. The van der Waals surface area contributed by atoms with Crippen LogP contribution in [-0.2, 0) is 11.3 Å². The lowest BCUT2D eigenvalue weighted by molar-refractivity contribution is -0.306. The van der Waals surface area contributed by atoms with Crippen LogP contribution >= 0.6 is 0 Å². The Morgan fingerprint density at radius 1 is 1.77 bits per heavy atom. The van der Waals surface area contributed by atoms with Crippen LogP contribution in [0.1, 0.15) is 24.5 Å². The van der Waals surface area contributed by atoms with Crippen molar-refractivity contribution in [1.82, 2.24) is 9.78 Å². The molecule has 1 aliphatic rings. The van der Waals surface area contributed by atoms with Crippen molar-refractivity contribution in [2.24, 2.45) is 0 Å². The minimum atomic E-state index is -1.17. The van der Waals surface area contributed by atoms with Crippen molar-refractivity contribution in [3.8, 4) is 0 Å². The quantitative estimate of drug-likeness (QED) is 0.652. The van der Waals surface area contributed by atoms with Gasteiger partial charge in [0.25, 0.3) is 0 Å². The molecule has 13 heavy (non-hydrogen) atoms. The van der Waals surface area contributed by atoms with Gasteiger partial charge in [0.15, 0.2) is 0 Å². The van der Waals surface area contributed by atoms with Gasteiger partial charge >= 0.3 is 0 Å². The summed E-state index contributed by atoms with van der Waals surface area (Å²) in [5.41, 5.74) is 6.47. The fourth-order valence-electron chi connectivity index (χ4n) is 1.28. The predicted octanol–water partition coefficient (Wildman–Crippen LogP) is -0.907. The Balaban J connectivity index is 2.19. The summed E-state index contributed by atoms with van der Waals surface area (Å²) in [5, 5.41) is 14.4. The van der Waals surface area contributed by atoms with Crippen LogP contribution < -0.4 is 10.8 Å². The summed E-state index contributed by atoms with van der Waals surface area (Å²) in [4.78, 5) is 10.3. The molecule has 0 bridgehead atoms. The molecular weight excluding hydrogens is 170 g/mol. The van der Waals surface area contributed by atoms with Crippen LogP contribution in [0.4, 0.5) is 5.82 Å². The van der Waals surface area contributed by atoms with E-state index in [0.29, 0.717) is 11.7 Å². The van der Waals surface area contributed by atoms with E-state index in [-0.39, 0.29) is 6.54 Å². The first-order valence-electron chi connectivity index (χ1n) is 4.20. The monoisotopic (exact) mass is 180 g/mol. The Kier molecular flexibility index (Phi) is 1.72. The number of rotatable bonds is 3. The molecule has 0 aliphatic heterocycles. The first kappa shape index (κ1) is 8.10. The van der Waals surface area contributed by atoms with Crippen molar-refractivity contribution < 1.29 is 9.90 Å². The van der Waals surface area contributed by atoms with E-state index in [4.69, 9.17) is 5.73 Å². The van der Waals surface area contributed by atoms with Crippen LogP contribution in [0.5, 0.6) is 0 Å². The molecule has 1 aromatic heterocycles. The van der Waals surface area contributed by atoms with E-state index in [1.54, 1.807) is 6.07 Å². The van der Waals surface area contributed by atoms with Crippen LogP contribution in [0.15, 0.2) is 6.07 Å². The maximum atomic E-state index is 10.3. The summed E-state index contributed by atoms with van der Waals surface area (Å²) in [5.74, 6) is -0.284. The van der Waals surface area contributed by atoms with Gasteiger partial charge in [-0.15, -0.1) is 0 Å². The number of aromatic nitrogens is 2. The number of hydrogen-bond acceptors (Lipinski definition) is 4. The van der Waals surface area contributed by atoms with Crippen molar-refractivity contribution in [3.05, 3.63) is 11.8 Å². The molecule has 0 amide bonds. The summed E-state index contributed by atoms with van der Waals surface area (Å²) in [6, 6.07) is 1.74. The van der Waals surface area contributed by atoms with E-state index in [0.717, 1.165) is 18.5 Å². The maximum absolute atomic E-state index is 10.3. The summed E-state index contributed by atoms with van der Waals surface area (Å²) >= 11 is 0. The molecule has 1 aromatic rings. The molecule has 0 unspecified atom stereocenters. The van der Waals surface area contributed by atoms with Gasteiger partial charge in [0.05, 0.1) is 18.2 Å². The summed E-state index contributed by atoms with van der Waals surface area (Å²) in [6.45, 7) is -0.265. The SMILES string of the molecule is Nc1cc(C2CC2)nn1CC(=O)[O-]. The number of carboxylic acids is 1. The number of anilines is 1. The molecule has 1 heterocycles. The average molecular weight is 180 g/mol. The maximum Gasteiger partial charge on any atom is 0.122 e. The van der Waals surface area contributed by atoms with Crippen molar-refractivity contribution in [2.45, 2.75) is 25.3 Å². The van der Waals surface area contributed by atoms with Crippen LogP contribution in [0.2, 0.25) is 0 Å². The Hall–Kier alpha value is -1.52. The van der Waals surface area contributed by atoms with Gasteiger partial charge in [0.1, 0.15) is 5.82 Å². The zero-order chi connectivity index (χ0) is 9.42. The van der Waals surface area contributed by atoms with Gasteiger partial charge in [-0.25, -0.2) is 4.68 Å². The molecular formula is C8H10N3O2-. The Morgan fingerprint density at radius 2 is 2.46 bits per heavy atom. The molecule has 2 rings (SSSR count). The average Bonchev–Trinajstić information content (AvgIpc) is 2.79. The second kappa shape index (κ2) is 2.76. The van der Waals surface area contributed by atoms with Crippen molar-refractivity contribution >= 4 is 11.8 Å². The molecule has 5 heteroatoms. The third kappa shape index (κ3) is 1.63. The van der Waals surface area contributed by atoms with Gasteiger partial charge in [0.2, 0.25) is 0 Å². The minimum Gasteiger partial charge on any atom is -0.548 e. The van der Waals surface area contributed by atoms with Gasteiger partial charge in [-0.1, -0.05) is 0 Å². The highest BCUT2D eigenvalue weighted by molar-refractivity contribution is 5.64. The zero-order valence-electron chi connectivity index (χ0n) is 7.06. The van der Waals surface area contributed by atoms with E-state index in [1.807, 2.05) is 0 Å². The number of aliphatic carboxylic acids is 1. The van der Waals surface area contributed by atoms with Crippen molar-refractivity contribution in [2.75, 3.05) is 5.73 Å². The van der Waals surface area contributed by atoms with Crippen molar-refractivity contribution in [1.29, 1.82) is 0 Å². The van der Waals surface area contributed by atoms with E-state index in [1.165, 1.54) is 4.68 Å². The highest BCUT2D eigenvalue weighted by atomic mass is 16.4. The highest BCUT2D eigenvalue weighted by Gasteiger charge is 2.26. The third-order valence-corrected chi connectivity index (χ3v) is 2.10. The van der Waals surface area contributed by atoms with Gasteiger partial charge in [0, 0.05) is 12.0 Å². The molecule has 1 aliphatic carbocycles. The second-order valence-electron chi connectivity index (χ2n) is 3.30. The number of nitrogen functional groups attached to an aromatic ring is 1. The molecule has 2 N–H and O–H groups in total. The molecule has 0 saturated heterocycles. The van der Waals surface area contributed by atoms with Gasteiger partial charge in [-0.3, -0.25) is 0 Å². The summed E-state index contributed by atoms with van der Waals surface area (Å²) < 4.78 is 1.27. The number of nitrogens with zero attached hydrogens (tertiary/aromatic N) is 2. The lowest BCUT2D eigenvalue weighted by atomic mass is 10.3. The summed E-state index contributed by atoms with van der Waals surface area (Å²) in [6.07, 6.45) is 2.25. The Bertz CT molecular complexity index is 341. The van der Waals surface area contributed by atoms with E-state index in [9.17, 15) is 9.90 Å². The smallest absolute Gasteiger partial charge is 0.122 e. The molecule has 1 fully saturated rings. The molecule has 0 radical (unpaired) electrons. The zero-order valence-corrected chi connectivity index (χ0v) is 7.06.